The van der Waals surface area contributed by atoms with Gasteiger partial charge in [-0.05, 0) is 0 Å². The van der Waals surface area contributed by atoms with Gasteiger partial charge in [-0.15, -0.1) is 0 Å². The molecule has 68 valence electrons. The summed E-state index contributed by atoms with van der Waals surface area (Å²) in [6.45, 7) is -1.51. The van der Waals surface area contributed by atoms with Gasteiger partial charge in [-0.25, -0.2) is 13.1 Å². The smallest absolute Gasteiger partial charge is 0.279 e. The van der Waals surface area contributed by atoms with Crippen LogP contribution >= 0.6 is 0 Å². The summed E-state index contributed by atoms with van der Waals surface area (Å²) in [6, 6.07) is 0. The standard InChI is InChI=1S/C5H12F2N2OS/c1-11(2,10)9-4-5(6,7)3-8/h3-4,8H2,1-2H3. The van der Waals surface area contributed by atoms with Crippen molar-refractivity contribution in [2.75, 3.05) is 25.6 Å². The zero-order chi connectivity index (χ0) is 9.12. The molecule has 0 aliphatic rings. The number of rotatable bonds is 3. The first-order valence-corrected chi connectivity index (χ1v) is 5.31. The van der Waals surface area contributed by atoms with E-state index in [1.54, 1.807) is 0 Å². The van der Waals surface area contributed by atoms with Crippen LogP contribution in [-0.4, -0.2) is 35.7 Å². The van der Waals surface area contributed by atoms with E-state index in [9.17, 15) is 13.0 Å². The molecular formula is C5H12F2N2OS. The third-order valence-corrected chi connectivity index (χ3v) is 1.66. The van der Waals surface area contributed by atoms with E-state index in [2.05, 4.69) is 4.36 Å². The second-order valence-electron chi connectivity index (χ2n) is 2.53. The summed E-state index contributed by atoms with van der Waals surface area (Å²) >= 11 is 0. The van der Waals surface area contributed by atoms with Gasteiger partial charge >= 0.3 is 0 Å². The van der Waals surface area contributed by atoms with E-state index in [-0.39, 0.29) is 0 Å². The van der Waals surface area contributed by atoms with Crippen molar-refractivity contribution < 1.29 is 13.0 Å². The fraction of sp³-hybridized carbons (Fsp3) is 1.00. The lowest BCUT2D eigenvalue weighted by Crippen LogP contribution is -2.31. The van der Waals surface area contributed by atoms with Crippen molar-refractivity contribution in [3.05, 3.63) is 0 Å². The quantitative estimate of drug-likeness (QED) is 0.689. The first-order valence-electron chi connectivity index (χ1n) is 2.98. The molecule has 0 fully saturated rings. The molecule has 0 spiro atoms. The summed E-state index contributed by atoms with van der Waals surface area (Å²) in [7, 11) is -2.43. The monoisotopic (exact) mass is 186 g/mol. The van der Waals surface area contributed by atoms with Crippen LogP contribution in [0.5, 0.6) is 0 Å². The van der Waals surface area contributed by atoms with Crippen molar-refractivity contribution in [3.63, 3.8) is 0 Å². The number of hydrogen-bond acceptors (Lipinski definition) is 3. The number of nitrogens with two attached hydrogens (primary N) is 1. The molecule has 2 N–H and O–H groups in total. The highest BCUT2D eigenvalue weighted by Crippen LogP contribution is 2.11. The Morgan fingerprint density at radius 3 is 2.27 bits per heavy atom. The molecule has 0 aromatic heterocycles. The van der Waals surface area contributed by atoms with Gasteiger partial charge in [-0.2, -0.15) is 0 Å². The van der Waals surface area contributed by atoms with Crippen LogP contribution in [0.2, 0.25) is 0 Å². The highest BCUT2D eigenvalue weighted by molar-refractivity contribution is 7.92. The number of hydrogen-bond donors (Lipinski definition) is 1. The van der Waals surface area contributed by atoms with Gasteiger partial charge < -0.3 is 5.73 Å². The van der Waals surface area contributed by atoms with Gasteiger partial charge in [-0.3, -0.25) is 4.21 Å². The Morgan fingerprint density at radius 2 is 2.00 bits per heavy atom. The predicted octanol–water partition coefficient (Wildman–Crippen LogP) is 0.308. The average Bonchev–Trinajstić information content (AvgIpc) is 1.83. The Balaban J connectivity index is 4.20. The molecule has 0 unspecified atom stereocenters. The van der Waals surface area contributed by atoms with Crippen LogP contribution in [0, 0.1) is 0 Å². The van der Waals surface area contributed by atoms with Gasteiger partial charge in [0.25, 0.3) is 5.92 Å². The molecule has 0 aliphatic carbocycles. The molecule has 0 radical (unpaired) electrons. The van der Waals surface area contributed by atoms with Gasteiger partial charge in [0.15, 0.2) is 0 Å². The molecule has 0 amide bonds. The molecule has 0 aliphatic heterocycles. The maximum atomic E-state index is 12.3. The Hall–Kier alpha value is -0.230. The van der Waals surface area contributed by atoms with Gasteiger partial charge in [-0.1, -0.05) is 0 Å². The van der Waals surface area contributed by atoms with Crippen molar-refractivity contribution in [3.8, 4) is 0 Å². The minimum Gasteiger partial charge on any atom is -0.325 e. The third-order valence-electron chi connectivity index (χ3n) is 0.905. The lowest BCUT2D eigenvalue weighted by molar-refractivity contribution is 0.0218. The second kappa shape index (κ2) is 3.44. The Morgan fingerprint density at radius 1 is 1.55 bits per heavy atom. The molecule has 0 bridgehead atoms. The summed E-state index contributed by atoms with van der Waals surface area (Å²) in [5.41, 5.74) is 4.73. The maximum absolute atomic E-state index is 12.3. The highest BCUT2D eigenvalue weighted by Gasteiger charge is 2.26. The predicted molar refractivity (Wildman–Crippen MR) is 41.3 cm³/mol. The van der Waals surface area contributed by atoms with Crippen LogP contribution in [0.3, 0.4) is 0 Å². The summed E-state index contributed by atoms with van der Waals surface area (Å²) < 4.78 is 38.8. The minimum atomic E-state index is -3.02. The van der Waals surface area contributed by atoms with Gasteiger partial charge in [0.1, 0.15) is 6.54 Å². The van der Waals surface area contributed by atoms with E-state index >= 15 is 0 Å². The molecule has 0 aromatic carbocycles. The molecule has 11 heavy (non-hydrogen) atoms. The molecule has 3 nitrogen and oxygen atoms in total. The largest absolute Gasteiger partial charge is 0.325 e. The average molecular weight is 186 g/mol. The minimum absolute atomic E-state index is 0.755. The zero-order valence-electron chi connectivity index (χ0n) is 6.51. The van der Waals surface area contributed by atoms with Crippen molar-refractivity contribution in [1.82, 2.24) is 0 Å². The third kappa shape index (κ3) is 6.18. The number of nitrogens with zero attached hydrogens (tertiary/aromatic N) is 1. The fourth-order valence-corrected chi connectivity index (χ4v) is 0.814. The zero-order valence-corrected chi connectivity index (χ0v) is 7.33. The Bertz CT molecular complexity index is 225. The molecule has 0 atom stereocenters. The summed E-state index contributed by atoms with van der Waals surface area (Å²) in [5.74, 6) is -3.02. The van der Waals surface area contributed by atoms with Crippen molar-refractivity contribution in [2.45, 2.75) is 5.92 Å². The SMILES string of the molecule is CS(C)(=O)=NCC(F)(F)CN. The van der Waals surface area contributed by atoms with Gasteiger partial charge in [0.05, 0.1) is 6.54 Å². The summed E-state index contributed by atoms with van der Waals surface area (Å²) in [4.78, 5) is 0. The van der Waals surface area contributed by atoms with E-state index in [1.165, 1.54) is 12.5 Å². The molecule has 0 heterocycles. The topological polar surface area (TPSA) is 55.5 Å². The molecular weight excluding hydrogens is 174 g/mol. The highest BCUT2D eigenvalue weighted by atomic mass is 32.2. The molecule has 0 saturated carbocycles. The van der Waals surface area contributed by atoms with E-state index in [0.717, 1.165) is 0 Å². The van der Waals surface area contributed by atoms with Crippen LogP contribution in [-0.2, 0) is 9.73 Å². The van der Waals surface area contributed by atoms with E-state index in [1.807, 2.05) is 0 Å². The van der Waals surface area contributed by atoms with E-state index in [4.69, 9.17) is 5.73 Å². The summed E-state index contributed by atoms with van der Waals surface area (Å²) in [6.07, 6.45) is 2.61. The molecule has 0 rings (SSSR count). The van der Waals surface area contributed by atoms with Crippen LogP contribution in [0.4, 0.5) is 8.78 Å². The maximum Gasteiger partial charge on any atom is 0.279 e. The molecule has 0 aromatic rings. The van der Waals surface area contributed by atoms with Crippen LogP contribution in [0.25, 0.3) is 0 Å². The lowest BCUT2D eigenvalue weighted by Gasteiger charge is -2.09. The Kier molecular flexibility index (Phi) is 3.37. The van der Waals surface area contributed by atoms with Crippen LogP contribution in [0.1, 0.15) is 0 Å². The van der Waals surface area contributed by atoms with Gasteiger partial charge in [0.2, 0.25) is 0 Å². The molecule has 0 saturated heterocycles. The van der Waals surface area contributed by atoms with Crippen molar-refractivity contribution >= 4 is 9.73 Å². The van der Waals surface area contributed by atoms with Crippen molar-refractivity contribution in [1.29, 1.82) is 0 Å². The lowest BCUT2D eigenvalue weighted by atomic mass is 10.3. The number of alkyl halides is 2. The van der Waals surface area contributed by atoms with Crippen LogP contribution in [0.15, 0.2) is 4.36 Å². The number of halogens is 2. The van der Waals surface area contributed by atoms with E-state index < -0.39 is 28.7 Å². The van der Waals surface area contributed by atoms with Gasteiger partial charge in [0, 0.05) is 22.2 Å². The first kappa shape index (κ1) is 10.8. The normalized spacial score (nSPS) is 13.2. The van der Waals surface area contributed by atoms with Crippen LogP contribution < -0.4 is 5.73 Å². The second-order valence-corrected chi connectivity index (χ2v) is 5.15. The first-order chi connectivity index (χ1) is 4.77. The molecule has 6 heteroatoms. The Labute approximate surface area is 65.1 Å². The fourth-order valence-electron chi connectivity index (χ4n) is 0.314. The summed E-state index contributed by atoms with van der Waals surface area (Å²) in [5, 5.41) is 0. The van der Waals surface area contributed by atoms with E-state index in [0.29, 0.717) is 0 Å². The van der Waals surface area contributed by atoms with Crippen molar-refractivity contribution in [2.24, 2.45) is 10.1 Å².